The molecular formula is C18H30N4O2. The van der Waals surface area contributed by atoms with Crippen LogP contribution in [0.4, 0.5) is 5.69 Å². The first-order valence-electron chi connectivity index (χ1n) is 9.11. The Balaban J connectivity index is 1.85. The van der Waals surface area contributed by atoms with E-state index in [-0.39, 0.29) is 17.4 Å². The van der Waals surface area contributed by atoms with Gasteiger partial charge in [-0.1, -0.05) is 20.8 Å². The number of hydrogen-bond acceptors (Lipinski definition) is 4. The highest BCUT2D eigenvalue weighted by Gasteiger charge is 2.25. The van der Waals surface area contributed by atoms with Gasteiger partial charge in [0.15, 0.2) is 0 Å². The van der Waals surface area contributed by atoms with Crippen LogP contribution in [0.3, 0.4) is 0 Å². The van der Waals surface area contributed by atoms with Gasteiger partial charge >= 0.3 is 0 Å². The van der Waals surface area contributed by atoms with E-state index < -0.39 is 0 Å². The lowest BCUT2D eigenvalue weighted by atomic mass is 9.95. The van der Waals surface area contributed by atoms with E-state index in [9.17, 15) is 9.59 Å². The summed E-state index contributed by atoms with van der Waals surface area (Å²) in [6, 6.07) is 1.66. The first-order valence-corrected chi connectivity index (χ1v) is 9.11. The van der Waals surface area contributed by atoms with E-state index in [2.05, 4.69) is 29.2 Å². The SMILES string of the molecule is CCCn1ncc(N2CCC(C(=O)NCCC(C)C)CC2)cc1=O. The van der Waals surface area contributed by atoms with Gasteiger partial charge in [-0.05, 0) is 31.6 Å². The van der Waals surface area contributed by atoms with Crippen LogP contribution in [-0.2, 0) is 11.3 Å². The van der Waals surface area contributed by atoms with Crippen LogP contribution in [0.1, 0.15) is 46.5 Å². The van der Waals surface area contributed by atoms with Gasteiger partial charge in [0.05, 0.1) is 11.9 Å². The maximum absolute atomic E-state index is 12.2. The van der Waals surface area contributed by atoms with Crippen LogP contribution >= 0.6 is 0 Å². The lowest BCUT2D eigenvalue weighted by Crippen LogP contribution is -2.41. The topological polar surface area (TPSA) is 67.2 Å². The van der Waals surface area contributed by atoms with Gasteiger partial charge in [0.25, 0.3) is 5.56 Å². The predicted molar refractivity (Wildman–Crippen MR) is 96.2 cm³/mol. The molecule has 0 unspecified atom stereocenters. The second-order valence-electron chi connectivity index (χ2n) is 7.01. The fourth-order valence-corrected chi connectivity index (χ4v) is 3.00. The Morgan fingerprint density at radius 2 is 2.08 bits per heavy atom. The highest BCUT2D eigenvalue weighted by atomic mass is 16.2. The number of carbonyl (C=O) groups is 1. The second kappa shape index (κ2) is 8.85. The average Bonchev–Trinajstić information content (AvgIpc) is 2.56. The highest BCUT2D eigenvalue weighted by Crippen LogP contribution is 2.22. The van der Waals surface area contributed by atoms with Crippen molar-refractivity contribution in [3.63, 3.8) is 0 Å². The van der Waals surface area contributed by atoms with Crippen LogP contribution in [0.2, 0.25) is 0 Å². The number of carbonyl (C=O) groups excluding carboxylic acids is 1. The monoisotopic (exact) mass is 334 g/mol. The number of hydrogen-bond donors (Lipinski definition) is 1. The van der Waals surface area contributed by atoms with Gasteiger partial charge in [-0.15, -0.1) is 0 Å². The zero-order chi connectivity index (χ0) is 17.5. The summed E-state index contributed by atoms with van der Waals surface area (Å²) in [7, 11) is 0. The van der Waals surface area contributed by atoms with Gasteiger partial charge in [-0.25, -0.2) is 4.68 Å². The molecule has 1 aromatic rings. The van der Waals surface area contributed by atoms with E-state index >= 15 is 0 Å². The van der Waals surface area contributed by atoms with Gasteiger partial charge < -0.3 is 10.2 Å². The minimum absolute atomic E-state index is 0.0529. The Hall–Kier alpha value is -1.85. The van der Waals surface area contributed by atoms with Crippen LogP contribution in [0.25, 0.3) is 0 Å². The Kier molecular flexibility index (Phi) is 6.82. The Morgan fingerprint density at radius 1 is 1.38 bits per heavy atom. The molecule has 1 aromatic heterocycles. The number of piperidine rings is 1. The summed E-state index contributed by atoms with van der Waals surface area (Å²) >= 11 is 0. The van der Waals surface area contributed by atoms with E-state index in [1.165, 1.54) is 4.68 Å². The van der Waals surface area contributed by atoms with Crippen LogP contribution < -0.4 is 15.8 Å². The summed E-state index contributed by atoms with van der Waals surface area (Å²) in [5.41, 5.74) is 0.814. The van der Waals surface area contributed by atoms with Gasteiger partial charge in [0, 0.05) is 38.2 Å². The summed E-state index contributed by atoms with van der Waals surface area (Å²) in [5.74, 6) is 0.864. The Bertz CT molecular complexity index is 589. The molecule has 0 saturated carbocycles. The van der Waals surface area contributed by atoms with Crippen molar-refractivity contribution in [3.8, 4) is 0 Å². The summed E-state index contributed by atoms with van der Waals surface area (Å²) in [4.78, 5) is 26.4. The number of aryl methyl sites for hydroxylation is 1. The molecule has 1 aliphatic heterocycles. The molecule has 0 spiro atoms. The van der Waals surface area contributed by atoms with Crippen LogP contribution in [0, 0.1) is 11.8 Å². The van der Waals surface area contributed by atoms with E-state index in [1.54, 1.807) is 12.3 Å². The number of aromatic nitrogens is 2. The summed E-state index contributed by atoms with van der Waals surface area (Å²) in [5, 5.41) is 7.28. The zero-order valence-corrected chi connectivity index (χ0v) is 15.1. The number of nitrogens with zero attached hydrogens (tertiary/aromatic N) is 3. The van der Waals surface area contributed by atoms with E-state index in [4.69, 9.17) is 0 Å². The van der Waals surface area contributed by atoms with Gasteiger partial charge in [-0.2, -0.15) is 5.10 Å². The standard InChI is InChI=1S/C18H30N4O2/c1-4-9-22-17(23)12-16(13-20-22)21-10-6-15(7-11-21)18(24)19-8-5-14(2)3/h12-15H,4-11H2,1-3H3,(H,19,24). The lowest BCUT2D eigenvalue weighted by molar-refractivity contribution is -0.125. The zero-order valence-electron chi connectivity index (χ0n) is 15.1. The molecular weight excluding hydrogens is 304 g/mol. The Labute approximate surface area is 144 Å². The minimum atomic E-state index is -0.0529. The maximum atomic E-state index is 12.2. The lowest BCUT2D eigenvalue weighted by Gasteiger charge is -2.32. The first-order chi connectivity index (χ1) is 11.5. The number of nitrogens with one attached hydrogen (secondary N) is 1. The molecule has 6 nitrogen and oxygen atoms in total. The van der Waals surface area contributed by atoms with Crippen molar-refractivity contribution in [1.82, 2.24) is 15.1 Å². The van der Waals surface area contributed by atoms with E-state index in [1.807, 2.05) is 6.92 Å². The Morgan fingerprint density at radius 3 is 2.67 bits per heavy atom. The molecule has 1 N–H and O–H groups in total. The fourth-order valence-electron chi connectivity index (χ4n) is 3.00. The third kappa shape index (κ3) is 5.08. The third-order valence-corrected chi connectivity index (χ3v) is 4.54. The molecule has 2 rings (SSSR count). The summed E-state index contributed by atoms with van der Waals surface area (Å²) in [6.45, 7) is 9.34. The van der Waals surface area contributed by atoms with Crippen molar-refractivity contribution in [2.75, 3.05) is 24.5 Å². The quantitative estimate of drug-likeness (QED) is 0.828. The highest BCUT2D eigenvalue weighted by molar-refractivity contribution is 5.78. The van der Waals surface area contributed by atoms with Crippen molar-refractivity contribution >= 4 is 11.6 Å². The van der Waals surface area contributed by atoms with Crippen molar-refractivity contribution in [3.05, 3.63) is 22.6 Å². The van der Waals surface area contributed by atoms with Crippen LogP contribution in [0.15, 0.2) is 17.1 Å². The summed E-state index contributed by atoms with van der Waals surface area (Å²) < 4.78 is 1.50. The molecule has 1 fully saturated rings. The van der Waals surface area contributed by atoms with Crippen molar-refractivity contribution in [1.29, 1.82) is 0 Å². The molecule has 2 heterocycles. The van der Waals surface area contributed by atoms with Crippen molar-refractivity contribution in [2.45, 2.75) is 53.0 Å². The molecule has 0 bridgehead atoms. The molecule has 0 radical (unpaired) electrons. The van der Waals surface area contributed by atoms with Gasteiger partial charge in [0.1, 0.15) is 0 Å². The molecule has 0 aromatic carbocycles. The average molecular weight is 334 g/mol. The predicted octanol–water partition coefficient (Wildman–Crippen LogP) is 2.03. The molecule has 1 amide bonds. The molecule has 1 saturated heterocycles. The molecule has 134 valence electrons. The first kappa shape index (κ1) is 18.5. The number of rotatable bonds is 7. The third-order valence-electron chi connectivity index (χ3n) is 4.54. The van der Waals surface area contributed by atoms with E-state index in [0.29, 0.717) is 12.5 Å². The molecule has 1 aliphatic rings. The van der Waals surface area contributed by atoms with E-state index in [0.717, 1.165) is 51.0 Å². The maximum Gasteiger partial charge on any atom is 0.268 e. The largest absolute Gasteiger partial charge is 0.370 e. The number of amides is 1. The smallest absolute Gasteiger partial charge is 0.268 e. The minimum Gasteiger partial charge on any atom is -0.370 e. The second-order valence-corrected chi connectivity index (χ2v) is 7.01. The molecule has 0 aliphatic carbocycles. The van der Waals surface area contributed by atoms with Crippen molar-refractivity contribution in [2.24, 2.45) is 11.8 Å². The normalized spacial score (nSPS) is 15.8. The van der Waals surface area contributed by atoms with Gasteiger partial charge in [-0.3, -0.25) is 9.59 Å². The molecule has 24 heavy (non-hydrogen) atoms. The van der Waals surface area contributed by atoms with Gasteiger partial charge in [0.2, 0.25) is 5.91 Å². The fraction of sp³-hybridized carbons (Fsp3) is 0.722. The van der Waals surface area contributed by atoms with Crippen LogP contribution in [0.5, 0.6) is 0 Å². The molecule has 0 atom stereocenters. The van der Waals surface area contributed by atoms with Crippen LogP contribution in [-0.4, -0.2) is 35.3 Å². The molecule has 6 heteroatoms. The number of anilines is 1. The summed E-state index contributed by atoms with van der Waals surface area (Å²) in [6.07, 6.45) is 5.32. The van der Waals surface area contributed by atoms with Crippen molar-refractivity contribution < 1.29 is 4.79 Å².